The summed E-state index contributed by atoms with van der Waals surface area (Å²) in [6.07, 6.45) is 0.999. The minimum atomic E-state index is -4.17. The van der Waals surface area contributed by atoms with Gasteiger partial charge in [-0.3, -0.25) is 4.79 Å². The summed E-state index contributed by atoms with van der Waals surface area (Å²) in [5.41, 5.74) is 0. The van der Waals surface area contributed by atoms with Gasteiger partial charge in [0.15, 0.2) is 5.78 Å². The van der Waals surface area contributed by atoms with Crippen LogP contribution >= 0.6 is 11.8 Å². The van der Waals surface area contributed by atoms with Crippen molar-refractivity contribution in [3.63, 3.8) is 0 Å². The third-order valence-electron chi connectivity index (χ3n) is 5.54. The van der Waals surface area contributed by atoms with Crippen molar-refractivity contribution in [2.24, 2.45) is 5.92 Å². The first-order valence-electron chi connectivity index (χ1n) is 10.0. The zero-order valence-corrected chi connectivity index (χ0v) is 16.7. The monoisotopic (exact) mass is 413 g/mol. The van der Waals surface area contributed by atoms with E-state index >= 15 is 0 Å². The second kappa shape index (κ2) is 11.0. The molecular weight excluding hydrogens is 383 g/mol. The van der Waals surface area contributed by atoms with Gasteiger partial charge in [0.05, 0.1) is 24.4 Å². The summed E-state index contributed by atoms with van der Waals surface area (Å²) in [7, 11) is 0. The van der Waals surface area contributed by atoms with Gasteiger partial charge in [0.25, 0.3) is 0 Å². The fraction of sp³-hybridized carbons (Fsp3) is 0.947. The SMILES string of the molecule is C[C@@H]1CC(=O)[C@@H](NCl)CCC[C@H](OCCCC(F)(F)F)[C@H]1OC1CCCC1. The van der Waals surface area contributed by atoms with Crippen LogP contribution in [0.5, 0.6) is 0 Å². The number of alkyl halides is 3. The number of ether oxygens (including phenoxy) is 2. The minimum absolute atomic E-state index is 0.0482. The van der Waals surface area contributed by atoms with Crippen LogP contribution in [-0.4, -0.2) is 42.9 Å². The number of hydrogen-bond donors (Lipinski definition) is 1. The topological polar surface area (TPSA) is 47.6 Å². The van der Waals surface area contributed by atoms with E-state index in [9.17, 15) is 18.0 Å². The summed E-state index contributed by atoms with van der Waals surface area (Å²) in [5, 5.41) is 0. The Labute approximate surface area is 164 Å². The standard InChI is InChI=1S/C19H31ClF3NO3/c1-13-12-16(25)15(24-20)8-4-9-17(26-11-5-10-19(21,22)23)18(13)27-14-6-2-3-7-14/h13-15,17-18,24H,2-12H2,1H3/t13-,15+,17+,18+/m1/s1. The molecule has 0 amide bonds. The van der Waals surface area contributed by atoms with Gasteiger partial charge in [0.1, 0.15) is 0 Å². The van der Waals surface area contributed by atoms with Crippen LogP contribution in [-0.2, 0) is 14.3 Å². The van der Waals surface area contributed by atoms with Crippen molar-refractivity contribution in [3.05, 3.63) is 0 Å². The molecule has 0 aromatic heterocycles. The molecule has 0 spiro atoms. The minimum Gasteiger partial charge on any atom is -0.376 e. The molecule has 158 valence electrons. The summed E-state index contributed by atoms with van der Waals surface area (Å²) in [6.45, 7) is 2.01. The van der Waals surface area contributed by atoms with E-state index in [1.54, 1.807) is 0 Å². The van der Waals surface area contributed by atoms with E-state index in [-0.39, 0.29) is 43.0 Å². The number of Topliss-reactive ketones (excluding diaryl/α,β-unsaturated/α-hetero) is 1. The van der Waals surface area contributed by atoms with Gasteiger partial charge in [-0.25, -0.2) is 4.84 Å². The molecule has 2 aliphatic carbocycles. The molecule has 27 heavy (non-hydrogen) atoms. The van der Waals surface area contributed by atoms with E-state index in [0.717, 1.165) is 25.7 Å². The number of carbonyl (C=O) groups is 1. The molecule has 0 unspecified atom stereocenters. The molecular formula is C19H31ClF3NO3. The molecule has 0 aromatic rings. The highest BCUT2D eigenvalue weighted by atomic mass is 35.5. The molecule has 1 N–H and O–H groups in total. The van der Waals surface area contributed by atoms with Crippen molar-refractivity contribution in [1.82, 2.24) is 4.84 Å². The summed E-state index contributed by atoms with van der Waals surface area (Å²) in [6, 6.07) is -0.398. The van der Waals surface area contributed by atoms with Crippen LogP contribution in [0.4, 0.5) is 13.2 Å². The van der Waals surface area contributed by atoms with Crippen LogP contribution in [0.1, 0.15) is 71.1 Å². The van der Waals surface area contributed by atoms with Gasteiger partial charge in [-0.1, -0.05) is 19.8 Å². The van der Waals surface area contributed by atoms with Crippen LogP contribution in [0.25, 0.3) is 0 Å². The lowest BCUT2D eigenvalue weighted by Crippen LogP contribution is -2.40. The lowest BCUT2D eigenvalue weighted by molar-refractivity contribution is -0.148. The van der Waals surface area contributed by atoms with Crippen LogP contribution in [0.2, 0.25) is 0 Å². The Balaban J connectivity index is 2.02. The molecule has 0 saturated heterocycles. The molecule has 2 saturated carbocycles. The Morgan fingerprint density at radius 1 is 1.15 bits per heavy atom. The Bertz CT molecular complexity index is 458. The maximum Gasteiger partial charge on any atom is 0.389 e. The van der Waals surface area contributed by atoms with Gasteiger partial charge < -0.3 is 9.47 Å². The Hall–Kier alpha value is -0.370. The van der Waals surface area contributed by atoms with E-state index < -0.39 is 18.6 Å². The third-order valence-corrected chi connectivity index (χ3v) is 5.80. The average molecular weight is 414 g/mol. The smallest absolute Gasteiger partial charge is 0.376 e. The molecule has 8 heteroatoms. The predicted molar refractivity (Wildman–Crippen MR) is 97.6 cm³/mol. The highest BCUT2D eigenvalue weighted by molar-refractivity contribution is 6.15. The van der Waals surface area contributed by atoms with Crippen molar-refractivity contribution in [2.75, 3.05) is 6.61 Å². The molecule has 2 fully saturated rings. The van der Waals surface area contributed by atoms with Crippen molar-refractivity contribution in [2.45, 2.75) is 102 Å². The molecule has 0 heterocycles. The molecule has 4 nitrogen and oxygen atoms in total. The van der Waals surface area contributed by atoms with Crippen LogP contribution in [0.3, 0.4) is 0 Å². The maximum absolute atomic E-state index is 12.5. The van der Waals surface area contributed by atoms with Crippen molar-refractivity contribution in [1.29, 1.82) is 0 Å². The van der Waals surface area contributed by atoms with Gasteiger partial charge in [0, 0.05) is 19.4 Å². The molecule has 2 rings (SSSR count). The first-order chi connectivity index (χ1) is 12.8. The molecule has 0 bridgehead atoms. The first kappa shape index (κ1) is 22.9. The van der Waals surface area contributed by atoms with Crippen molar-refractivity contribution in [3.8, 4) is 0 Å². The average Bonchev–Trinajstić information content (AvgIpc) is 3.11. The number of carbonyl (C=O) groups excluding carboxylic acids is 1. The van der Waals surface area contributed by atoms with E-state index in [2.05, 4.69) is 4.84 Å². The highest BCUT2D eigenvalue weighted by Gasteiger charge is 2.36. The second-order valence-electron chi connectivity index (χ2n) is 7.88. The molecule has 0 radical (unpaired) electrons. The third kappa shape index (κ3) is 7.87. The lowest BCUT2D eigenvalue weighted by Gasteiger charge is -2.33. The van der Waals surface area contributed by atoms with Crippen LogP contribution in [0.15, 0.2) is 0 Å². The summed E-state index contributed by atoms with van der Waals surface area (Å²) in [5.74, 6) is -0.0217. The molecule has 0 aromatic carbocycles. The van der Waals surface area contributed by atoms with E-state index in [4.69, 9.17) is 21.3 Å². The fourth-order valence-corrected chi connectivity index (χ4v) is 4.29. The summed E-state index contributed by atoms with van der Waals surface area (Å²) in [4.78, 5) is 15.0. The van der Waals surface area contributed by atoms with E-state index in [0.29, 0.717) is 25.7 Å². The normalized spacial score (nSPS) is 31.5. The summed E-state index contributed by atoms with van der Waals surface area (Å²) < 4.78 is 49.4. The van der Waals surface area contributed by atoms with E-state index in [1.165, 1.54) is 0 Å². The molecule has 0 aliphatic heterocycles. The number of ketones is 1. The maximum atomic E-state index is 12.5. The Morgan fingerprint density at radius 3 is 2.48 bits per heavy atom. The lowest BCUT2D eigenvalue weighted by atomic mass is 9.92. The predicted octanol–water partition coefficient (Wildman–Crippen LogP) is 4.93. The summed E-state index contributed by atoms with van der Waals surface area (Å²) >= 11 is 5.72. The fourth-order valence-electron chi connectivity index (χ4n) is 4.06. The van der Waals surface area contributed by atoms with Gasteiger partial charge in [-0.15, -0.1) is 0 Å². The molecule has 2 aliphatic rings. The first-order valence-corrected chi connectivity index (χ1v) is 10.4. The molecule has 4 atom stereocenters. The van der Waals surface area contributed by atoms with Gasteiger partial charge in [0.2, 0.25) is 0 Å². The Kier molecular flexibility index (Phi) is 9.32. The zero-order valence-electron chi connectivity index (χ0n) is 15.9. The van der Waals surface area contributed by atoms with Gasteiger partial charge in [-0.05, 0) is 56.2 Å². The van der Waals surface area contributed by atoms with Gasteiger partial charge >= 0.3 is 6.18 Å². The van der Waals surface area contributed by atoms with Gasteiger partial charge in [-0.2, -0.15) is 13.2 Å². The van der Waals surface area contributed by atoms with Crippen LogP contribution < -0.4 is 4.84 Å². The number of nitrogens with one attached hydrogen (secondary N) is 1. The van der Waals surface area contributed by atoms with Crippen LogP contribution in [0, 0.1) is 5.92 Å². The Morgan fingerprint density at radius 2 is 1.85 bits per heavy atom. The number of halogens is 4. The number of rotatable bonds is 7. The highest BCUT2D eigenvalue weighted by Crippen LogP contribution is 2.31. The second-order valence-corrected chi connectivity index (χ2v) is 8.09. The van der Waals surface area contributed by atoms with E-state index in [1.807, 2.05) is 6.92 Å². The zero-order chi connectivity index (χ0) is 19.9. The number of hydrogen-bond acceptors (Lipinski definition) is 4. The van der Waals surface area contributed by atoms with Crippen molar-refractivity contribution < 1.29 is 27.4 Å². The quantitative estimate of drug-likeness (QED) is 0.474. The van der Waals surface area contributed by atoms with Crippen molar-refractivity contribution >= 4 is 17.6 Å². The largest absolute Gasteiger partial charge is 0.389 e.